The predicted molar refractivity (Wildman–Crippen MR) is 73.3 cm³/mol. The van der Waals surface area contributed by atoms with Crippen molar-refractivity contribution in [2.45, 2.75) is 30.6 Å². The van der Waals surface area contributed by atoms with E-state index in [1.807, 2.05) is 18.2 Å². The Hall–Kier alpha value is -0.380. The van der Waals surface area contributed by atoms with Crippen LogP contribution in [0.1, 0.15) is 25.7 Å². The van der Waals surface area contributed by atoms with Gasteiger partial charge in [0.05, 0.1) is 10.0 Å². The predicted octanol–water partition coefficient (Wildman–Crippen LogP) is 4.73. The number of thioether (sulfide) groups is 1. The third kappa shape index (κ3) is 5.66. The van der Waals surface area contributed by atoms with E-state index in [1.165, 1.54) is 0 Å². The number of aliphatic carboxylic acids is 1. The fourth-order valence-electron chi connectivity index (χ4n) is 1.35. The lowest BCUT2D eigenvalue weighted by molar-refractivity contribution is -0.137. The molecule has 94 valence electrons. The Morgan fingerprint density at radius 1 is 1.18 bits per heavy atom. The number of hydrogen-bond acceptors (Lipinski definition) is 2. The first-order valence-electron chi connectivity index (χ1n) is 5.40. The zero-order valence-electron chi connectivity index (χ0n) is 9.29. The molecule has 0 radical (unpaired) electrons. The molecule has 1 N–H and O–H groups in total. The van der Waals surface area contributed by atoms with Crippen LogP contribution in [0.3, 0.4) is 0 Å². The number of rotatable bonds is 7. The first-order valence-corrected chi connectivity index (χ1v) is 7.14. The van der Waals surface area contributed by atoms with Crippen molar-refractivity contribution in [3.05, 3.63) is 28.2 Å². The van der Waals surface area contributed by atoms with Gasteiger partial charge in [0.25, 0.3) is 0 Å². The average Bonchev–Trinajstić information content (AvgIpc) is 2.26. The average molecular weight is 293 g/mol. The van der Waals surface area contributed by atoms with E-state index in [9.17, 15) is 4.79 Å². The van der Waals surface area contributed by atoms with Crippen LogP contribution in [0, 0.1) is 0 Å². The van der Waals surface area contributed by atoms with Crippen LogP contribution >= 0.6 is 35.0 Å². The number of hydrogen-bond donors (Lipinski definition) is 1. The summed E-state index contributed by atoms with van der Waals surface area (Å²) in [5, 5.41) is 9.83. The molecule has 0 saturated heterocycles. The molecule has 0 fully saturated rings. The lowest BCUT2D eigenvalue weighted by atomic mass is 10.2. The SMILES string of the molecule is O=C(O)CCCCCSc1c(Cl)cccc1Cl. The molecule has 0 aromatic heterocycles. The van der Waals surface area contributed by atoms with Gasteiger partial charge in [0.1, 0.15) is 0 Å². The summed E-state index contributed by atoms with van der Waals surface area (Å²) in [7, 11) is 0. The highest BCUT2D eigenvalue weighted by Crippen LogP contribution is 2.34. The summed E-state index contributed by atoms with van der Waals surface area (Å²) in [6.07, 6.45) is 2.87. The lowest BCUT2D eigenvalue weighted by Gasteiger charge is -2.05. The molecule has 0 amide bonds. The van der Waals surface area contributed by atoms with Crippen molar-refractivity contribution >= 4 is 40.9 Å². The van der Waals surface area contributed by atoms with Crippen LogP contribution in [-0.4, -0.2) is 16.8 Å². The quantitative estimate of drug-likeness (QED) is 0.583. The second kappa shape index (κ2) is 7.85. The van der Waals surface area contributed by atoms with Crippen LogP contribution in [-0.2, 0) is 4.79 Å². The molecule has 17 heavy (non-hydrogen) atoms. The minimum atomic E-state index is -0.730. The third-order valence-electron chi connectivity index (χ3n) is 2.20. The van der Waals surface area contributed by atoms with Crippen molar-refractivity contribution in [2.75, 3.05) is 5.75 Å². The highest BCUT2D eigenvalue weighted by Gasteiger charge is 2.05. The third-order valence-corrected chi connectivity index (χ3v) is 4.28. The lowest BCUT2D eigenvalue weighted by Crippen LogP contribution is -1.93. The molecule has 0 heterocycles. The Morgan fingerprint density at radius 3 is 2.41 bits per heavy atom. The van der Waals surface area contributed by atoms with Crippen molar-refractivity contribution in [2.24, 2.45) is 0 Å². The molecule has 1 rings (SSSR count). The van der Waals surface area contributed by atoms with Gasteiger partial charge in [-0.3, -0.25) is 4.79 Å². The molecule has 0 bridgehead atoms. The summed E-state index contributed by atoms with van der Waals surface area (Å²) in [6, 6.07) is 5.46. The first kappa shape index (κ1) is 14.7. The van der Waals surface area contributed by atoms with Gasteiger partial charge in [0, 0.05) is 11.3 Å². The van der Waals surface area contributed by atoms with Crippen LogP contribution in [0.25, 0.3) is 0 Å². The number of halogens is 2. The molecule has 1 aromatic rings. The van der Waals surface area contributed by atoms with E-state index >= 15 is 0 Å². The Morgan fingerprint density at radius 2 is 1.82 bits per heavy atom. The largest absolute Gasteiger partial charge is 0.481 e. The Balaban J connectivity index is 2.24. The molecule has 1 aromatic carbocycles. The van der Waals surface area contributed by atoms with Crippen LogP contribution in [0.4, 0.5) is 0 Å². The molecule has 0 aliphatic heterocycles. The van der Waals surface area contributed by atoms with Crippen LogP contribution < -0.4 is 0 Å². The zero-order chi connectivity index (χ0) is 12.7. The Labute approximate surface area is 115 Å². The summed E-state index contributed by atoms with van der Waals surface area (Å²) in [6.45, 7) is 0. The summed E-state index contributed by atoms with van der Waals surface area (Å²) < 4.78 is 0. The van der Waals surface area contributed by atoms with E-state index in [2.05, 4.69) is 0 Å². The second-order valence-electron chi connectivity index (χ2n) is 3.60. The van der Waals surface area contributed by atoms with Crippen molar-refractivity contribution < 1.29 is 9.90 Å². The van der Waals surface area contributed by atoms with Gasteiger partial charge in [-0.1, -0.05) is 35.7 Å². The van der Waals surface area contributed by atoms with E-state index < -0.39 is 5.97 Å². The minimum absolute atomic E-state index is 0.248. The maximum Gasteiger partial charge on any atom is 0.303 e. The molecule has 0 spiro atoms. The minimum Gasteiger partial charge on any atom is -0.481 e. The molecule has 0 aliphatic carbocycles. The Bertz CT molecular complexity index is 363. The fraction of sp³-hybridized carbons (Fsp3) is 0.417. The van der Waals surface area contributed by atoms with Crippen LogP contribution in [0.2, 0.25) is 10.0 Å². The number of carboxylic acids is 1. The fourth-order valence-corrected chi connectivity index (χ4v) is 3.04. The molecule has 0 aliphatic rings. The van der Waals surface area contributed by atoms with Gasteiger partial charge >= 0.3 is 5.97 Å². The van der Waals surface area contributed by atoms with Crippen LogP contribution in [0.5, 0.6) is 0 Å². The molecular weight excluding hydrogens is 279 g/mol. The number of benzene rings is 1. The topological polar surface area (TPSA) is 37.3 Å². The van der Waals surface area contributed by atoms with E-state index in [-0.39, 0.29) is 6.42 Å². The summed E-state index contributed by atoms with van der Waals surface area (Å²) in [5.74, 6) is 0.176. The van der Waals surface area contributed by atoms with Gasteiger partial charge in [-0.15, -0.1) is 11.8 Å². The van der Waals surface area contributed by atoms with Gasteiger partial charge in [0.2, 0.25) is 0 Å². The molecule has 0 unspecified atom stereocenters. The summed E-state index contributed by atoms with van der Waals surface area (Å²) in [4.78, 5) is 11.2. The highest BCUT2D eigenvalue weighted by molar-refractivity contribution is 7.99. The van der Waals surface area contributed by atoms with Gasteiger partial charge in [0.15, 0.2) is 0 Å². The number of carbonyl (C=O) groups is 1. The first-order chi connectivity index (χ1) is 8.11. The number of unbranched alkanes of at least 4 members (excludes halogenated alkanes) is 2. The zero-order valence-corrected chi connectivity index (χ0v) is 11.6. The van der Waals surface area contributed by atoms with Gasteiger partial charge < -0.3 is 5.11 Å². The smallest absolute Gasteiger partial charge is 0.303 e. The normalized spacial score (nSPS) is 10.5. The van der Waals surface area contributed by atoms with Gasteiger partial charge in [-0.25, -0.2) is 0 Å². The Kier molecular flexibility index (Phi) is 6.78. The highest BCUT2D eigenvalue weighted by atomic mass is 35.5. The van der Waals surface area contributed by atoms with Crippen LogP contribution in [0.15, 0.2) is 23.1 Å². The number of carboxylic acid groups (broad SMARTS) is 1. The van der Waals surface area contributed by atoms with E-state index in [0.717, 1.165) is 29.9 Å². The van der Waals surface area contributed by atoms with Gasteiger partial charge in [-0.05, 0) is 30.7 Å². The van der Waals surface area contributed by atoms with E-state index in [4.69, 9.17) is 28.3 Å². The standard InChI is InChI=1S/C12H14Cl2O2S/c13-9-5-4-6-10(14)12(9)17-8-3-1-2-7-11(15)16/h4-6H,1-3,7-8H2,(H,15,16). The van der Waals surface area contributed by atoms with Crippen molar-refractivity contribution in [1.29, 1.82) is 0 Å². The van der Waals surface area contributed by atoms with Crippen molar-refractivity contribution in [1.82, 2.24) is 0 Å². The molecular formula is C12H14Cl2O2S. The van der Waals surface area contributed by atoms with E-state index in [0.29, 0.717) is 10.0 Å². The maximum absolute atomic E-state index is 10.3. The summed E-state index contributed by atoms with van der Waals surface area (Å²) in [5.41, 5.74) is 0. The van der Waals surface area contributed by atoms with Gasteiger partial charge in [-0.2, -0.15) is 0 Å². The molecule has 2 nitrogen and oxygen atoms in total. The van der Waals surface area contributed by atoms with Crippen molar-refractivity contribution in [3.63, 3.8) is 0 Å². The molecule has 0 atom stereocenters. The van der Waals surface area contributed by atoms with Crippen molar-refractivity contribution in [3.8, 4) is 0 Å². The monoisotopic (exact) mass is 292 g/mol. The second-order valence-corrected chi connectivity index (χ2v) is 5.52. The summed E-state index contributed by atoms with van der Waals surface area (Å²) >= 11 is 13.7. The van der Waals surface area contributed by atoms with E-state index in [1.54, 1.807) is 11.8 Å². The molecule has 5 heteroatoms. The maximum atomic E-state index is 10.3. The molecule has 0 saturated carbocycles.